The van der Waals surface area contributed by atoms with E-state index >= 15 is 0 Å². The summed E-state index contributed by atoms with van der Waals surface area (Å²) >= 11 is 5.63. The summed E-state index contributed by atoms with van der Waals surface area (Å²) in [5.41, 5.74) is 0.0531. The monoisotopic (exact) mass is 398 g/mol. The maximum absolute atomic E-state index is 13.7. The zero-order valence-electron chi connectivity index (χ0n) is 14.7. The fourth-order valence-electron chi connectivity index (χ4n) is 2.34. The molecule has 0 bridgehead atoms. The molecule has 1 aromatic heterocycles. The standard InChI is InChI=1S/C16H16ClFN4O5/c1-8-15(22(25)26)9(2)21(20-8)7-14(23)27-10(3)16(24)19-13-5-4-11(17)6-12(13)18/h4-6,10H,7H2,1-3H3,(H,19,24)/t10-/m1/s1. The molecule has 0 spiro atoms. The number of nitro groups is 1. The van der Waals surface area contributed by atoms with E-state index in [9.17, 15) is 24.1 Å². The number of benzene rings is 1. The van der Waals surface area contributed by atoms with Crippen LogP contribution in [0.25, 0.3) is 0 Å². The van der Waals surface area contributed by atoms with E-state index in [0.29, 0.717) is 0 Å². The molecule has 0 aliphatic carbocycles. The molecule has 0 saturated carbocycles. The third-order valence-electron chi connectivity index (χ3n) is 3.67. The summed E-state index contributed by atoms with van der Waals surface area (Å²) < 4.78 is 19.8. The van der Waals surface area contributed by atoms with Crippen molar-refractivity contribution in [3.63, 3.8) is 0 Å². The first-order chi connectivity index (χ1) is 12.6. The Balaban J connectivity index is 2.00. The van der Waals surface area contributed by atoms with Crippen LogP contribution in [0.4, 0.5) is 15.8 Å². The third-order valence-corrected chi connectivity index (χ3v) is 3.91. The number of rotatable bonds is 6. The molecule has 1 N–H and O–H groups in total. The Morgan fingerprint density at radius 1 is 1.44 bits per heavy atom. The van der Waals surface area contributed by atoms with Crippen molar-refractivity contribution in [1.82, 2.24) is 9.78 Å². The first-order valence-electron chi connectivity index (χ1n) is 7.74. The smallest absolute Gasteiger partial charge is 0.328 e. The van der Waals surface area contributed by atoms with Crippen molar-refractivity contribution in [3.05, 3.63) is 50.5 Å². The Morgan fingerprint density at radius 2 is 2.11 bits per heavy atom. The van der Waals surface area contributed by atoms with Gasteiger partial charge in [0.25, 0.3) is 5.91 Å². The average molecular weight is 399 g/mol. The highest BCUT2D eigenvalue weighted by molar-refractivity contribution is 6.30. The number of anilines is 1. The van der Waals surface area contributed by atoms with E-state index in [-0.39, 0.29) is 27.8 Å². The summed E-state index contributed by atoms with van der Waals surface area (Å²) in [5, 5.41) is 17.4. The number of hydrogen-bond acceptors (Lipinski definition) is 6. The summed E-state index contributed by atoms with van der Waals surface area (Å²) in [6, 6.07) is 3.70. The predicted molar refractivity (Wildman–Crippen MR) is 93.9 cm³/mol. The van der Waals surface area contributed by atoms with E-state index in [0.717, 1.165) is 10.7 Å². The zero-order valence-corrected chi connectivity index (χ0v) is 15.4. The van der Waals surface area contributed by atoms with Crippen molar-refractivity contribution in [2.24, 2.45) is 0 Å². The Labute approximate surface area is 158 Å². The number of carbonyl (C=O) groups is 2. The van der Waals surface area contributed by atoms with Gasteiger partial charge in [0.2, 0.25) is 0 Å². The van der Waals surface area contributed by atoms with Crippen LogP contribution < -0.4 is 5.32 Å². The molecule has 11 heteroatoms. The molecule has 0 saturated heterocycles. The second-order valence-electron chi connectivity index (χ2n) is 5.68. The second-order valence-corrected chi connectivity index (χ2v) is 6.12. The lowest BCUT2D eigenvalue weighted by Gasteiger charge is -2.14. The van der Waals surface area contributed by atoms with Crippen molar-refractivity contribution in [2.45, 2.75) is 33.4 Å². The van der Waals surface area contributed by atoms with Gasteiger partial charge in [-0.15, -0.1) is 0 Å². The van der Waals surface area contributed by atoms with Crippen LogP contribution in [0.3, 0.4) is 0 Å². The van der Waals surface area contributed by atoms with Gasteiger partial charge in [0.1, 0.15) is 23.7 Å². The first kappa shape index (κ1) is 20.3. The van der Waals surface area contributed by atoms with Crippen molar-refractivity contribution < 1.29 is 23.6 Å². The molecule has 0 radical (unpaired) electrons. The van der Waals surface area contributed by atoms with Crippen LogP contribution in [-0.2, 0) is 20.9 Å². The highest BCUT2D eigenvalue weighted by Gasteiger charge is 2.25. The zero-order chi connectivity index (χ0) is 20.3. The van der Waals surface area contributed by atoms with Crippen LogP contribution in [0.2, 0.25) is 5.02 Å². The fraction of sp³-hybridized carbons (Fsp3) is 0.312. The van der Waals surface area contributed by atoms with E-state index < -0.39 is 35.3 Å². The number of esters is 1. The Kier molecular flexibility index (Phi) is 6.11. The number of carbonyl (C=O) groups excluding carboxylic acids is 2. The Hall–Kier alpha value is -3.01. The van der Waals surface area contributed by atoms with Crippen LogP contribution in [0.15, 0.2) is 18.2 Å². The molecule has 1 atom stereocenters. The van der Waals surface area contributed by atoms with Gasteiger partial charge in [-0.25, -0.2) is 4.39 Å². The lowest BCUT2D eigenvalue weighted by atomic mass is 10.3. The van der Waals surface area contributed by atoms with E-state index in [2.05, 4.69) is 10.4 Å². The summed E-state index contributed by atoms with van der Waals surface area (Å²) in [6.07, 6.45) is -1.22. The van der Waals surface area contributed by atoms with Crippen molar-refractivity contribution >= 4 is 34.9 Å². The minimum Gasteiger partial charge on any atom is -0.451 e. The van der Waals surface area contributed by atoms with Crippen LogP contribution in [0, 0.1) is 29.8 Å². The molecule has 0 unspecified atom stereocenters. The molecule has 0 fully saturated rings. The number of ether oxygens (including phenoxy) is 1. The first-order valence-corrected chi connectivity index (χ1v) is 8.11. The molecule has 0 aliphatic heterocycles. The average Bonchev–Trinajstić information content (AvgIpc) is 2.83. The van der Waals surface area contributed by atoms with Gasteiger partial charge in [0.15, 0.2) is 6.10 Å². The lowest BCUT2D eigenvalue weighted by molar-refractivity contribution is -0.386. The van der Waals surface area contributed by atoms with Crippen LogP contribution in [-0.4, -0.2) is 32.7 Å². The van der Waals surface area contributed by atoms with E-state index in [1.165, 1.54) is 32.9 Å². The minimum atomic E-state index is -1.22. The molecule has 2 rings (SSSR count). The molecule has 27 heavy (non-hydrogen) atoms. The molecule has 9 nitrogen and oxygen atoms in total. The van der Waals surface area contributed by atoms with Gasteiger partial charge in [-0.05, 0) is 39.0 Å². The SMILES string of the molecule is Cc1nn(CC(=O)O[C@H](C)C(=O)Nc2ccc(Cl)cc2F)c(C)c1[N+](=O)[O-]. The van der Waals surface area contributed by atoms with E-state index in [1.807, 2.05) is 0 Å². The van der Waals surface area contributed by atoms with Gasteiger partial charge in [-0.2, -0.15) is 5.10 Å². The van der Waals surface area contributed by atoms with Crippen LogP contribution in [0.1, 0.15) is 18.3 Å². The molecule has 144 valence electrons. The van der Waals surface area contributed by atoms with Gasteiger partial charge >= 0.3 is 11.7 Å². The highest BCUT2D eigenvalue weighted by Crippen LogP contribution is 2.22. The van der Waals surface area contributed by atoms with Crippen LogP contribution >= 0.6 is 11.6 Å². The molecular formula is C16H16ClFN4O5. The van der Waals surface area contributed by atoms with Crippen molar-refractivity contribution in [2.75, 3.05) is 5.32 Å². The van der Waals surface area contributed by atoms with Gasteiger partial charge in [-0.1, -0.05) is 11.6 Å². The van der Waals surface area contributed by atoms with E-state index in [4.69, 9.17) is 16.3 Å². The highest BCUT2D eigenvalue weighted by atomic mass is 35.5. The largest absolute Gasteiger partial charge is 0.451 e. The minimum absolute atomic E-state index is 0.110. The number of hydrogen-bond donors (Lipinski definition) is 1. The molecule has 1 heterocycles. The molecule has 1 aromatic carbocycles. The normalized spacial score (nSPS) is 11.7. The second kappa shape index (κ2) is 8.12. The van der Waals surface area contributed by atoms with E-state index in [1.54, 1.807) is 0 Å². The van der Waals surface area contributed by atoms with Crippen LogP contribution in [0.5, 0.6) is 0 Å². The maximum Gasteiger partial charge on any atom is 0.328 e. The number of nitrogens with one attached hydrogen (secondary N) is 1. The lowest BCUT2D eigenvalue weighted by Crippen LogP contribution is -2.31. The molecule has 2 aromatic rings. The van der Waals surface area contributed by atoms with Gasteiger partial charge in [0, 0.05) is 5.02 Å². The van der Waals surface area contributed by atoms with Crippen molar-refractivity contribution in [3.8, 4) is 0 Å². The number of halogens is 2. The number of aryl methyl sites for hydroxylation is 1. The third kappa shape index (κ3) is 4.79. The van der Waals surface area contributed by atoms with Gasteiger partial charge < -0.3 is 10.1 Å². The fourth-order valence-corrected chi connectivity index (χ4v) is 2.50. The summed E-state index contributed by atoms with van der Waals surface area (Å²) in [5.74, 6) is -2.30. The molecule has 1 amide bonds. The predicted octanol–water partition coefficient (Wildman–Crippen LogP) is 2.77. The maximum atomic E-state index is 13.7. The number of nitrogens with zero attached hydrogens (tertiary/aromatic N) is 3. The summed E-state index contributed by atoms with van der Waals surface area (Å²) in [4.78, 5) is 34.4. The quantitative estimate of drug-likeness (QED) is 0.454. The molecular weight excluding hydrogens is 383 g/mol. The number of amides is 1. The Morgan fingerprint density at radius 3 is 2.67 bits per heavy atom. The van der Waals surface area contributed by atoms with Gasteiger partial charge in [0.05, 0.1) is 10.6 Å². The summed E-state index contributed by atoms with van der Waals surface area (Å²) in [7, 11) is 0. The van der Waals surface area contributed by atoms with Crippen molar-refractivity contribution in [1.29, 1.82) is 0 Å². The van der Waals surface area contributed by atoms with Gasteiger partial charge in [-0.3, -0.25) is 24.4 Å². The summed E-state index contributed by atoms with van der Waals surface area (Å²) in [6.45, 7) is 3.80. The Bertz CT molecular complexity index is 914. The number of aromatic nitrogens is 2. The molecule has 0 aliphatic rings. The topological polar surface area (TPSA) is 116 Å².